The first-order chi connectivity index (χ1) is 15.0. The van der Waals surface area contributed by atoms with Crippen molar-refractivity contribution >= 4 is 23.2 Å². The Kier molecular flexibility index (Phi) is 5.24. The third-order valence-electron chi connectivity index (χ3n) is 6.56. The van der Waals surface area contributed by atoms with Crippen LogP contribution in [0.4, 0.5) is 10.1 Å². The Labute approximate surface area is 186 Å². The van der Waals surface area contributed by atoms with Crippen molar-refractivity contribution in [1.82, 2.24) is 9.88 Å². The fourth-order valence-electron chi connectivity index (χ4n) is 4.92. The molecule has 0 N–H and O–H groups in total. The molecule has 6 heteroatoms. The van der Waals surface area contributed by atoms with Gasteiger partial charge in [0.2, 0.25) is 0 Å². The third-order valence-corrected chi connectivity index (χ3v) is 6.77. The van der Waals surface area contributed by atoms with E-state index in [0.29, 0.717) is 12.1 Å². The van der Waals surface area contributed by atoms with Crippen LogP contribution in [-0.2, 0) is 12.0 Å². The summed E-state index contributed by atoms with van der Waals surface area (Å²) in [5.74, 6) is -0.383. The van der Waals surface area contributed by atoms with E-state index in [1.54, 1.807) is 29.2 Å². The smallest absolute Gasteiger partial charge is 0.258 e. The number of hydrogen-bond donors (Lipinski definition) is 0. The molecule has 0 saturated carbocycles. The van der Waals surface area contributed by atoms with E-state index in [4.69, 9.17) is 11.6 Å². The van der Waals surface area contributed by atoms with Crippen molar-refractivity contribution in [2.24, 2.45) is 0 Å². The topological polar surface area (TPSA) is 36.4 Å². The van der Waals surface area contributed by atoms with Crippen LogP contribution in [0.3, 0.4) is 0 Å². The number of carbonyl (C=O) groups is 1. The molecule has 2 aromatic carbocycles. The number of anilines is 1. The monoisotopic (exact) mass is 435 g/mol. The first-order valence-corrected chi connectivity index (χ1v) is 10.9. The molecule has 3 heterocycles. The molecule has 1 saturated heterocycles. The number of nitrogens with zero attached hydrogens (tertiary/aromatic N) is 3. The average Bonchev–Trinajstić information content (AvgIpc) is 3.09. The molecule has 0 aliphatic carbocycles. The lowest BCUT2D eigenvalue weighted by atomic mass is 9.74. The summed E-state index contributed by atoms with van der Waals surface area (Å²) < 4.78 is 14.2. The van der Waals surface area contributed by atoms with E-state index in [2.05, 4.69) is 34.1 Å². The lowest BCUT2D eigenvalue weighted by Crippen LogP contribution is -2.45. The molecule has 1 fully saturated rings. The highest BCUT2D eigenvalue weighted by Gasteiger charge is 2.46. The number of pyridine rings is 1. The van der Waals surface area contributed by atoms with Gasteiger partial charge in [0, 0.05) is 36.0 Å². The maximum Gasteiger partial charge on any atom is 0.258 e. The molecule has 0 bridgehead atoms. The largest absolute Gasteiger partial charge is 0.307 e. The molecule has 2 aliphatic rings. The molecule has 158 valence electrons. The van der Waals surface area contributed by atoms with Crippen LogP contribution in [0, 0.1) is 5.82 Å². The number of rotatable bonds is 3. The zero-order chi connectivity index (χ0) is 21.4. The van der Waals surface area contributed by atoms with Crippen LogP contribution in [0.5, 0.6) is 0 Å². The molecule has 4 nitrogen and oxygen atoms in total. The second-order valence-corrected chi connectivity index (χ2v) is 8.85. The summed E-state index contributed by atoms with van der Waals surface area (Å²) in [4.78, 5) is 21.5. The molecular formula is C25H23ClFN3O. The van der Waals surface area contributed by atoms with Gasteiger partial charge >= 0.3 is 0 Å². The first kappa shape index (κ1) is 20.2. The summed E-state index contributed by atoms with van der Waals surface area (Å²) in [6.45, 7) is 3.29. The van der Waals surface area contributed by atoms with Crippen LogP contribution in [-0.4, -0.2) is 35.4 Å². The SMILES string of the molecule is O=C(c1ccnc(Cl)c1)N1CC2(CCN(Cc3ccccc3)CC2)c2cc(F)ccc21. The quantitative estimate of drug-likeness (QED) is 0.539. The lowest BCUT2D eigenvalue weighted by Gasteiger charge is -2.40. The molecule has 3 aromatic rings. The molecule has 0 unspecified atom stereocenters. The maximum absolute atomic E-state index is 14.2. The second kappa shape index (κ2) is 8.06. The van der Waals surface area contributed by atoms with Gasteiger partial charge in [0.05, 0.1) is 0 Å². The average molecular weight is 436 g/mol. The van der Waals surface area contributed by atoms with Gasteiger partial charge in [-0.2, -0.15) is 0 Å². The van der Waals surface area contributed by atoms with E-state index in [1.807, 2.05) is 6.07 Å². The second-order valence-electron chi connectivity index (χ2n) is 8.46. The Bertz CT molecular complexity index is 1110. The van der Waals surface area contributed by atoms with E-state index in [9.17, 15) is 9.18 Å². The highest BCUT2D eigenvalue weighted by atomic mass is 35.5. The summed E-state index contributed by atoms with van der Waals surface area (Å²) >= 11 is 6.00. The molecule has 2 aliphatic heterocycles. The lowest BCUT2D eigenvalue weighted by molar-refractivity contribution is 0.0975. The number of benzene rings is 2. The molecule has 31 heavy (non-hydrogen) atoms. The zero-order valence-corrected chi connectivity index (χ0v) is 17.9. The van der Waals surface area contributed by atoms with Gasteiger partial charge in [-0.25, -0.2) is 9.37 Å². The van der Waals surface area contributed by atoms with Crippen LogP contribution >= 0.6 is 11.6 Å². The van der Waals surface area contributed by atoms with Crippen LogP contribution < -0.4 is 4.90 Å². The number of fused-ring (bicyclic) bond motifs is 2. The van der Waals surface area contributed by atoms with Crippen LogP contribution in [0.25, 0.3) is 0 Å². The number of hydrogen-bond acceptors (Lipinski definition) is 3. The number of piperidine rings is 1. The summed E-state index contributed by atoms with van der Waals surface area (Å²) in [7, 11) is 0. The van der Waals surface area contributed by atoms with Crippen molar-refractivity contribution in [2.45, 2.75) is 24.8 Å². The van der Waals surface area contributed by atoms with Gasteiger partial charge in [-0.3, -0.25) is 9.69 Å². The van der Waals surface area contributed by atoms with Crippen LogP contribution in [0.2, 0.25) is 5.15 Å². The highest BCUT2D eigenvalue weighted by molar-refractivity contribution is 6.29. The van der Waals surface area contributed by atoms with E-state index in [1.165, 1.54) is 17.8 Å². The minimum Gasteiger partial charge on any atom is -0.307 e. The summed E-state index contributed by atoms with van der Waals surface area (Å²) in [6.07, 6.45) is 3.31. The van der Waals surface area contributed by atoms with Gasteiger partial charge in [0.15, 0.2) is 0 Å². The van der Waals surface area contributed by atoms with Gasteiger partial charge in [0.25, 0.3) is 5.91 Å². The Morgan fingerprint density at radius 3 is 2.58 bits per heavy atom. The van der Waals surface area contributed by atoms with E-state index >= 15 is 0 Å². The van der Waals surface area contributed by atoms with E-state index in [-0.39, 0.29) is 22.3 Å². The minimum absolute atomic E-state index is 0.124. The van der Waals surface area contributed by atoms with Crippen molar-refractivity contribution in [1.29, 1.82) is 0 Å². The summed E-state index contributed by atoms with van der Waals surface area (Å²) in [6, 6.07) is 18.5. The number of amides is 1. The number of aromatic nitrogens is 1. The molecule has 1 aromatic heterocycles. The van der Waals surface area contributed by atoms with Gasteiger partial charge < -0.3 is 4.90 Å². The van der Waals surface area contributed by atoms with Gasteiger partial charge in [0.1, 0.15) is 11.0 Å². The van der Waals surface area contributed by atoms with Crippen molar-refractivity contribution in [2.75, 3.05) is 24.5 Å². The fourth-order valence-corrected chi connectivity index (χ4v) is 5.10. The zero-order valence-electron chi connectivity index (χ0n) is 17.1. The Morgan fingerprint density at radius 1 is 1.06 bits per heavy atom. The predicted molar refractivity (Wildman–Crippen MR) is 120 cm³/mol. The van der Waals surface area contributed by atoms with Crippen molar-refractivity contribution in [3.8, 4) is 0 Å². The minimum atomic E-state index is -0.258. The Hall–Kier alpha value is -2.76. The van der Waals surface area contributed by atoms with E-state index < -0.39 is 0 Å². The first-order valence-electron chi connectivity index (χ1n) is 10.5. The molecular weight excluding hydrogens is 413 g/mol. The molecule has 0 radical (unpaired) electrons. The molecule has 1 spiro atoms. The number of likely N-dealkylation sites (tertiary alicyclic amines) is 1. The normalized spacial score (nSPS) is 17.7. The Balaban J connectivity index is 1.40. The number of carbonyl (C=O) groups excluding carboxylic acids is 1. The molecule has 5 rings (SSSR count). The molecule has 0 atom stereocenters. The van der Waals surface area contributed by atoms with Gasteiger partial charge in [-0.05, 0) is 67.4 Å². The van der Waals surface area contributed by atoms with Gasteiger partial charge in [-0.15, -0.1) is 0 Å². The number of halogens is 2. The highest BCUT2D eigenvalue weighted by Crippen LogP contribution is 2.47. The van der Waals surface area contributed by atoms with E-state index in [0.717, 1.165) is 43.7 Å². The standard InChI is InChI=1S/C25H23ClFN3O/c26-23-14-19(8-11-28-23)24(31)30-17-25(21-15-20(27)6-7-22(21)30)9-12-29(13-10-25)16-18-4-2-1-3-5-18/h1-8,11,14-15H,9-10,12-13,16-17H2. The Morgan fingerprint density at radius 2 is 1.84 bits per heavy atom. The van der Waals surface area contributed by atoms with Crippen LogP contribution in [0.15, 0.2) is 66.9 Å². The third kappa shape index (κ3) is 3.84. The summed E-state index contributed by atoms with van der Waals surface area (Å²) in [5.41, 5.74) is 3.31. The van der Waals surface area contributed by atoms with Crippen LogP contribution in [0.1, 0.15) is 34.3 Å². The molecule has 1 amide bonds. The predicted octanol–water partition coefficient (Wildman–Crippen LogP) is 5.07. The summed E-state index contributed by atoms with van der Waals surface area (Å²) in [5, 5.41) is 0.285. The van der Waals surface area contributed by atoms with Crippen molar-refractivity contribution in [3.05, 3.63) is 94.5 Å². The van der Waals surface area contributed by atoms with Gasteiger partial charge in [-0.1, -0.05) is 41.9 Å². The fraction of sp³-hybridized carbons (Fsp3) is 0.280. The van der Waals surface area contributed by atoms with Crippen molar-refractivity contribution in [3.63, 3.8) is 0 Å². The van der Waals surface area contributed by atoms with Crippen molar-refractivity contribution < 1.29 is 9.18 Å². The maximum atomic E-state index is 14.2.